The van der Waals surface area contributed by atoms with Crippen molar-refractivity contribution in [2.75, 3.05) is 38.3 Å². The number of aliphatic imine (C=N–C) groups is 1. The van der Waals surface area contributed by atoms with E-state index in [1.807, 2.05) is 6.92 Å². The van der Waals surface area contributed by atoms with E-state index < -0.39 is 17.5 Å². The summed E-state index contributed by atoms with van der Waals surface area (Å²) in [5.74, 6) is -0.426. The number of anilines is 1. The molecule has 3 heterocycles. The first-order valence-corrected chi connectivity index (χ1v) is 9.10. The number of nitrogens with one attached hydrogen (secondary N) is 2. The lowest BCUT2D eigenvalue weighted by Gasteiger charge is -2.35. The molecule has 0 radical (unpaired) electrons. The number of hydrogen-bond donors (Lipinski definition) is 3. The fourth-order valence-corrected chi connectivity index (χ4v) is 3.52. The predicted molar refractivity (Wildman–Crippen MR) is 101 cm³/mol. The molecule has 28 heavy (non-hydrogen) atoms. The van der Waals surface area contributed by atoms with E-state index in [-0.39, 0.29) is 5.82 Å². The van der Waals surface area contributed by atoms with E-state index >= 15 is 0 Å². The maximum absolute atomic E-state index is 13.4. The van der Waals surface area contributed by atoms with Crippen molar-refractivity contribution in [3.8, 4) is 0 Å². The second kappa shape index (κ2) is 7.96. The number of halogens is 3. The van der Waals surface area contributed by atoms with Crippen molar-refractivity contribution < 1.29 is 17.9 Å². The monoisotopic (exact) mass is 398 g/mol. The summed E-state index contributed by atoms with van der Waals surface area (Å²) in [5.41, 5.74) is 7.20. The van der Waals surface area contributed by atoms with Gasteiger partial charge in [0.25, 0.3) is 0 Å². The van der Waals surface area contributed by atoms with E-state index in [9.17, 15) is 13.2 Å². The Morgan fingerprint density at radius 1 is 1.36 bits per heavy atom. The van der Waals surface area contributed by atoms with Crippen molar-refractivity contribution in [2.24, 2.45) is 10.7 Å². The average Bonchev–Trinajstić information content (AvgIpc) is 2.84. The fourth-order valence-electron chi connectivity index (χ4n) is 3.52. The molecule has 0 aromatic carbocycles. The van der Waals surface area contributed by atoms with E-state index in [1.54, 1.807) is 12.0 Å². The molecule has 154 valence electrons. The van der Waals surface area contributed by atoms with Crippen LogP contribution in [0, 0.1) is 0 Å². The summed E-state index contributed by atoms with van der Waals surface area (Å²) < 4.78 is 45.1. The number of methoxy groups -OCH3 is 1. The summed E-state index contributed by atoms with van der Waals surface area (Å²) in [5, 5.41) is 6.60. The zero-order valence-corrected chi connectivity index (χ0v) is 15.9. The molecule has 0 bridgehead atoms. The number of aromatic nitrogens is 1. The SMILES string of the molecule is COCCNC1(C)N=C(N)C2=C(CCN(c3ncccc3C(F)(F)F)CC2)N1. The Bertz CT molecular complexity index is 779. The number of rotatable bonds is 5. The van der Waals surface area contributed by atoms with Gasteiger partial charge in [-0.2, -0.15) is 13.2 Å². The van der Waals surface area contributed by atoms with Crippen LogP contribution in [-0.4, -0.2) is 50.0 Å². The molecule has 0 saturated heterocycles. The van der Waals surface area contributed by atoms with Crippen LogP contribution in [0.3, 0.4) is 0 Å². The Morgan fingerprint density at radius 3 is 2.82 bits per heavy atom. The molecule has 2 aliphatic heterocycles. The first-order chi connectivity index (χ1) is 13.2. The molecular formula is C18H25F3N6O. The minimum Gasteiger partial charge on any atom is -0.384 e. The molecule has 0 spiro atoms. The van der Waals surface area contributed by atoms with Crippen molar-refractivity contribution in [3.63, 3.8) is 0 Å². The summed E-state index contributed by atoms with van der Waals surface area (Å²) in [6, 6.07) is 2.36. The highest BCUT2D eigenvalue weighted by molar-refractivity contribution is 5.98. The molecule has 0 amide bonds. The molecule has 0 saturated carbocycles. The number of nitrogens with two attached hydrogens (primary N) is 1. The van der Waals surface area contributed by atoms with Gasteiger partial charge in [0.05, 0.1) is 12.2 Å². The molecule has 1 unspecified atom stereocenters. The molecule has 10 heteroatoms. The topological polar surface area (TPSA) is 87.8 Å². The van der Waals surface area contributed by atoms with Gasteiger partial charge in [0.15, 0.2) is 5.79 Å². The molecular weight excluding hydrogens is 373 g/mol. The van der Waals surface area contributed by atoms with E-state index in [1.165, 1.54) is 12.3 Å². The maximum Gasteiger partial charge on any atom is 0.419 e. The van der Waals surface area contributed by atoms with E-state index in [0.29, 0.717) is 44.9 Å². The Balaban J connectivity index is 1.77. The lowest BCUT2D eigenvalue weighted by molar-refractivity contribution is -0.137. The van der Waals surface area contributed by atoms with Gasteiger partial charge in [0.2, 0.25) is 0 Å². The molecule has 7 nitrogen and oxygen atoms in total. The second-order valence-corrected chi connectivity index (χ2v) is 6.93. The third-order valence-corrected chi connectivity index (χ3v) is 4.84. The highest BCUT2D eigenvalue weighted by Gasteiger charge is 2.37. The van der Waals surface area contributed by atoms with Gasteiger partial charge in [-0.1, -0.05) is 0 Å². The van der Waals surface area contributed by atoms with Crippen LogP contribution in [0.4, 0.5) is 19.0 Å². The standard InChI is InChI=1S/C18H25F3N6O/c1-17(24-8-11-28-2)25-14-6-10-27(9-5-12(14)15(22)26-17)16-13(18(19,20)21)4-3-7-23-16/h3-4,7,24-25H,5-6,8-11H2,1-2H3,(H2,22,26). The molecule has 1 aromatic heterocycles. The van der Waals surface area contributed by atoms with Crippen LogP contribution in [0.5, 0.6) is 0 Å². The molecule has 3 rings (SSSR count). The summed E-state index contributed by atoms with van der Waals surface area (Å²) in [6.45, 7) is 3.74. The van der Waals surface area contributed by atoms with Crippen LogP contribution >= 0.6 is 0 Å². The summed E-state index contributed by atoms with van der Waals surface area (Å²) in [7, 11) is 1.61. The van der Waals surface area contributed by atoms with Gasteiger partial charge in [-0.05, 0) is 25.5 Å². The van der Waals surface area contributed by atoms with Crippen molar-refractivity contribution in [2.45, 2.75) is 31.7 Å². The minimum absolute atomic E-state index is 0.0497. The average molecular weight is 398 g/mol. The predicted octanol–water partition coefficient (Wildman–Crippen LogP) is 1.82. The lowest BCUT2D eigenvalue weighted by Crippen LogP contribution is -2.57. The van der Waals surface area contributed by atoms with E-state index in [4.69, 9.17) is 10.5 Å². The minimum atomic E-state index is -4.45. The normalized spacial score (nSPS) is 23.0. The number of amidine groups is 1. The van der Waals surface area contributed by atoms with Crippen LogP contribution in [-0.2, 0) is 10.9 Å². The zero-order chi connectivity index (χ0) is 20.4. The number of alkyl halides is 3. The van der Waals surface area contributed by atoms with Crippen LogP contribution in [0.25, 0.3) is 0 Å². The fraction of sp³-hybridized carbons (Fsp3) is 0.556. The summed E-state index contributed by atoms with van der Waals surface area (Å²) in [4.78, 5) is 10.2. The maximum atomic E-state index is 13.4. The van der Waals surface area contributed by atoms with Crippen molar-refractivity contribution >= 4 is 11.7 Å². The molecule has 1 atom stereocenters. The number of pyridine rings is 1. The highest BCUT2D eigenvalue weighted by Crippen LogP contribution is 2.36. The molecule has 4 N–H and O–H groups in total. The van der Waals surface area contributed by atoms with Gasteiger partial charge in [0, 0.05) is 50.6 Å². The van der Waals surface area contributed by atoms with Crippen LogP contribution in [0.1, 0.15) is 25.3 Å². The molecule has 0 aliphatic carbocycles. The number of ether oxygens (including phenoxy) is 1. The largest absolute Gasteiger partial charge is 0.419 e. The van der Waals surface area contributed by atoms with Crippen LogP contribution in [0.2, 0.25) is 0 Å². The molecule has 0 fully saturated rings. The van der Waals surface area contributed by atoms with Gasteiger partial charge in [-0.15, -0.1) is 0 Å². The first-order valence-electron chi connectivity index (χ1n) is 9.10. The lowest BCUT2D eigenvalue weighted by atomic mass is 10.1. The molecule has 1 aromatic rings. The van der Waals surface area contributed by atoms with E-state index in [0.717, 1.165) is 17.3 Å². The first kappa shape index (κ1) is 20.4. The van der Waals surface area contributed by atoms with Crippen molar-refractivity contribution in [1.82, 2.24) is 15.6 Å². The smallest absolute Gasteiger partial charge is 0.384 e. The van der Waals surface area contributed by atoms with E-state index in [2.05, 4.69) is 20.6 Å². The van der Waals surface area contributed by atoms with Gasteiger partial charge in [-0.3, -0.25) is 5.32 Å². The van der Waals surface area contributed by atoms with Crippen molar-refractivity contribution in [3.05, 3.63) is 35.2 Å². The van der Waals surface area contributed by atoms with Crippen molar-refractivity contribution in [1.29, 1.82) is 0 Å². The zero-order valence-electron chi connectivity index (χ0n) is 15.9. The van der Waals surface area contributed by atoms with Gasteiger partial charge in [0.1, 0.15) is 11.7 Å². The second-order valence-electron chi connectivity index (χ2n) is 6.93. The highest BCUT2D eigenvalue weighted by atomic mass is 19.4. The Labute approximate surface area is 161 Å². The van der Waals surface area contributed by atoms with Crippen LogP contribution < -0.4 is 21.3 Å². The Hall–Kier alpha value is -2.33. The summed E-state index contributed by atoms with van der Waals surface area (Å²) >= 11 is 0. The van der Waals surface area contributed by atoms with Gasteiger partial charge < -0.3 is 20.7 Å². The van der Waals surface area contributed by atoms with Gasteiger partial charge in [-0.25, -0.2) is 9.98 Å². The number of nitrogens with zero attached hydrogens (tertiary/aromatic N) is 3. The third kappa shape index (κ3) is 4.39. The Kier molecular flexibility index (Phi) is 5.80. The number of hydrogen-bond acceptors (Lipinski definition) is 7. The quantitative estimate of drug-likeness (QED) is 0.656. The Morgan fingerprint density at radius 2 is 2.11 bits per heavy atom. The molecule has 2 aliphatic rings. The van der Waals surface area contributed by atoms with Crippen LogP contribution in [0.15, 0.2) is 34.6 Å². The third-order valence-electron chi connectivity index (χ3n) is 4.84. The summed E-state index contributed by atoms with van der Waals surface area (Å²) in [6.07, 6.45) is -2.07. The van der Waals surface area contributed by atoms with Gasteiger partial charge >= 0.3 is 6.18 Å².